The second-order valence-electron chi connectivity index (χ2n) is 4.36. The molecule has 0 radical (unpaired) electrons. The molecule has 0 spiro atoms. The highest BCUT2D eigenvalue weighted by Crippen LogP contribution is 2.35. The molecule has 106 valence electrons. The van der Waals surface area contributed by atoms with Crippen LogP contribution in [0, 0.1) is 10.1 Å². The second kappa shape index (κ2) is 5.20. The van der Waals surface area contributed by atoms with Gasteiger partial charge in [-0.25, -0.2) is 9.97 Å². The molecule has 3 aromatic rings. The van der Waals surface area contributed by atoms with Crippen molar-refractivity contribution in [1.82, 2.24) is 9.97 Å². The summed E-state index contributed by atoms with van der Waals surface area (Å²) in [5, 5.41) is 15.1. The first-order chi connectivity index (χ1) is 10.2. The fraction of sp³-hybridized carbons (Fsp3) is 0.143. The fourth-order valence-electron chi connectivity index (χ4n) is 2.13. The van der Waals surface area contributed by atoms with Crippen molar-refractivity contribution in [2.75, 3.05) is 11.9 Å². The van der Waals surface area contributed by atoms with E-state index in [1.807, 2.05) is 25.1 Å². The molecule has 0 bridgehead atoms. The quantitative estimate of drug-likeness (QED) is 0.584. The van der Waals surface area contributed by atoms with Crippen LogP contribution in [0.25, 0.3) is 22.4 Å². The Balaban J connectivity index is 2.21. The molecule has 0 aliphatic heterocycles. The summed E-state index contributed by atoms with van der Waals surface area (Å²) < 4.78 is 5.66. The van der Waals surface area contributed by atoms with Gasteiger partial charge in [-0.15, -0.1) is 0 Å². The van der Waals surface area contributed by atoms with E-state index in [1.54, 1.807) is 12.1 Å². The molecule has 2 aromatic heterocycles. The Hall–Kier alpha value is -2.96. The predicted molar refractivity (Wildman–Crippen MR) is 78.1 cm³/mol. The van der Waals surface area contributed by atoms with Crippen molar-refractivity contribution in [3.05, 3.63) is 46.8 Å². The molecule has 0 amide bonds. The summed E-state index contributed by atoms with van der Waals surface area (Å²) in [6, 6.07) is 9.13. The molecule has 7 nitrogen and oxygen atoms in total. The molecular weight excluding hydrogens is 272 g/mol. The first-order valence-corrected chi connectivity index (χ1v) is 6.43. The number of anilines is 1. The van der Waals surface area contributed by atoms with Gasteiger partial charge >= 0.3 is 5.69 Å². The number of fused-ring (bicyclic) bond motifs is 1. The lowest BCUT2D eigenvalue weighted by Crippen LogP contribution is -2.05. The van der Waals surface area contributed by atoms with Crippen molar-refractivity contribution < 1.29 is 9.34 Å². The van der Waals surface area contributed by atoms with Crippen molar-refractivity contribution >= 4 is 22.5 Å². The van der Waals surface area contributed by atoms with Crippen molar-refractivity contribution in [3.63, 3.8) is 0 Å². The standard InChI is InChI=1S/C14H12N4O3/c1-2-15-14-13(18(19)20)12(16-8-17-14)11-7-9-5-3-4-6-10(9)21-11/h3-8H,2H2,1H3,(H,15,16,17). The molecule has 0 aliphatic carbocycles. The van der Waals surface area contributed by atoms with Gasteiger partial charge < -0.3 is 9.73 Å². The maximum absolute atomic E-state index is 11.3. The van der Waals surface area contributed by atoms with Crippen LogP contribution in [0.2, 0.25) is 0 Å². The monoisotopic (exact) mass is 284 g/mol. The number of aromatic nitrogens is 2. The lowest BCUT2D eigenvalue weighted by atomic mass is 10.2. The summed E-state index contributed by atoms with van der Waals surface area (Å²) in [5.74, 6) is 0.539. The summed E-state index contributed by atoms with van der Waals surface area (Å²) in [4.78, 5) is 18.8. The van der Waals surface area contributed by atoms with E-state index in [-0.39, 0.29) is 17.2 Å². The first-order valence-electron chi connectivity index (χ1n) is 6.43. The average Bonchev–Trinajstić information content (AvgIpc) is 2.91. The Labute approximate surface area is 119 Å². The maximum atomic E-state index is 11.3. The van der Waals surface area contributed by atoms with E-state index in [2.05, 4.69) is 15.3 Å². The topological polar surface area (TPSA) is 94.1 Å². The van der Waals surface area contributed by atoms with E-state index >= 15 is 0 Å². The highest BCUT2D eigenvalue weighted by Gasteiger charge is 2.25. The minimum atomic E-state index is -0.499. The normalized spacial score (nSPS) is 10.7. The molecule has 21 heavy (non-hydrogen) atoms. The summed E-state index contributed by atoms with van der Waals surface area (Å²) in [6.07, 6.45) is 1.29. The molecule has 0 atom stereocenters. The molecule has 0 fully saturated rings. The summed E-state index contributed by atoms with van der Waals surface area (Å²) in [6.45, 7) is 2.37. The van der Waals surface area contributed by atoms with Gasteiger partial charge in [0.05, 0.1) is 4.92 Å². The lowest BCUT2D eigenvalue weighted by Gasteiger charge is -2.05. The zero-order chi connectivity index (χ0) is 14.8. The summed E-state index contributed by atoms with van der Waals surface area (Å²) >= 11 is 0. The highest BCUT2D eigenvalue weighted by atomic mass is 16.6. The van der Waals surface area contributed by atoms with E-state index in [0.717, 1.165) is 5.39 Å². The molecule has 0 saturated heterocycles. The van der Waals surface area contributed by atoms with Crippen LogP contribution in [0.1, 0.15) is 6.92 Å². The van der Waals surface area contributed by atoms with Gasteiger partial charge in [0.25, 0.3) is 0 Å². The minimum Gasteiger partial charge on any atom is -0.454 e. The molecule has 0 unspecified atom stereocenters. The third kappa shape index (κ3) is 2.29. The average molecular weight is 284 g/mol. The smallest absolute Gasteiger partial charge is 0.340 e. The molecule has 2 heterocycles. The van der Waals surface area contributed by atoms with E-state index in [4.69, 9.17) is 4.42 Å². The van der Waals surface area contributed by atoms with E-state index < -0.39 is 4.92 Å². The number of nitrogens with one attached hydrogen (secondary N) is 1. The van der Waals surface area contributed by atoms with Gasteiger partial charge in [-0.05, 0) is 19.1 Å². The van der Waals surface area contributed by atoms with Crippen molar-refractivity contribution in [2.45, 2.75) is 6.92 Å². The molecule has 1 N–H and O–H groups in total. The van der Waals surface area contributed by atoms with Crippen LogP contribution < -0.4 is 5.32 Å². The molecule has 7 heteroatoms. The Morgan fingerprint density at radius 2 is 2.14 bits per heavy atom. The summed E-state index contributed by atoms with van der Waals surface area (Å²) in [5.41, 5.74) is 0.644. The van der Waals surface area contributed by atoms with E-state index in [9.17, 15) is 10.1 Å². The molecule has 3 rings (SSSR count). The van der Waals surface area contributed by atoms with E-state index in [0.29, 0.717) is 17.9 Å². The van der Waals surface area contributed by atoms with Crippen LogP contribution in [-0.4, -0.2) is 21.4 Å². The molecule has 0 aliphatic rings. The van der Waals surface area contributed by atoms with Crippen LogP contribution in [0.4, 0.5) is 11.5 Å². The van der Waals surface area contributed by atoms with Crippen molar-refractivity contribution in [3.8, 4) is 11.5 Å². The third-order valence-electron chi connectivity index (χ3n) is 3.01. The van der Waals surface area contributed by atoms with Crippen LogP contribution >= 0.6 is 0 Å². The predicted octanol–water partition coefficient (Wildman–Crippen LogP) is 3.23. The molecule has 1 aromatic carbocycles. The van der Waals surface area contributed by atoms with Gasteiger partial charge in [0.1, 0.15) is 11.9 Å². The van der Waals surface area contributed by atoms with Crippen LogP contribution in [0.15, 0.2) is 41.1 Å². The third-order valence-corrected chi connectivity index (χ3v) is 3.01. The zero-order valence-corrected chi connectivity index (χ0v) is 11.2. The largest absolute Gasteiger partial charge is 0.454 e. The fourth-order valence-corrected chi connectivity index (χ4v) is 2.13. The Morgan fingerprint density at radius 1 is 1.33 bits per heavy atom. The van der Waals surface area contributed by atoms with Crippen LogP contribution in [0.3, 0.4) is 0 Å². The Morgan fingerprint density at radius 3 is 2.86 bits per heavy atom. The van der Waals surface area contributed by atoms with Crippen LogP contribution in [-0.2, 0) is 0 Å². The van der Waals surface area contributed by atoms with Gasteiger partial charge in [-0.3, -0.25) is 10.1 Å². The summed E-state index contributed by atoms with van der Waals surface area (Å²) in [7, 11) is 0. The van der Waals surface area contributed by atoms with Crippen molar-refractivity contribution in [2.24, 2.45) is 0 Å². The lowest BCUT2D eigenvalue weighted by molar-refractivity contribution is -0.383. The highest BCUT2D eigenvalue weighted by molar-refractivity contribution is 5.85. The van der Waals surface area contributed by atoms with Gasteiger partial charge in [-0.2, -0.15) is 0 Å². The number of furan rings is 1. The van der Waals surface area contributed by atoms with Crippen molar-refractivity contribution in [1.29, 1.82) is 0 Å². The van der Waals surface area contributed by atoms with Gasteiger partial charge in [-0.1, -0.05) is 18.2 Å². The number of benzene rings is 1. The van der Waals surface area contributed by atoms with Crippen LogP contribution in [0.5, 0.6) is 0 Å². The maximum Gasteiger partial charge on any atom is 0.340 e. The number of nitro groups is 1. The number of nitrogens with zero attached hydrogens (tertiary/aromatic N) is 3. The molecule has 0 saturated carbocycles. The number of hydrogen-bond acceptors (Lipinski definition) is 6. The molecular formula is C14H12N4O3. The Bertz CT molecular complexity index is 780. The van der Waals surface area contributed by atoms with Gasteiger partial charge in [0.2, 0.25) is 5.82 Å². The zero-order valence-electron chi connectivity index (χ0n) is 11.2. The SMILES string of the molecule is CCNc1ncnc(-c2cc3ccccc3o2)c1[N+](=O)[O-]. The first kappa shape index (κ1) is 13.0. The van der Waals surface area contributed by atoms with E-state index in [1.165, 1.54) is 6.33 Å². The number of rotatable bonds is 4. The Kier molecular flexibility index (Phi) is 3.23. The number of para-hydroxylation sites is 1. The van der Waals surface area contributed by atoms with Gasteiger partial charge in [0, 0.05) is 11.9 Å². The second-order valence-corrected chi connectivity index (χ2v) is 4.36. The minimum absolute atomic E-state index is 0.169. The number of hydrogen-bond donors (Lipinski definition) is 1. The van der Waals surface area contributed by atoms with Gasteiger partial charge in [0.15, 0.2) is 11.5 Å².